The Morgan fingerprint density at radius 2 is 2.07 bits per heavy atom. The molecule has 0 unspecified atom stereocenters. The van der Waals surface area contributed by atoms with Crippen LogP contribution in [0.15, 0.2) is 33.6 Å². The lowest BCUT2D eigenvalue weighted by Crippen LogP contribution is -2.27. The van der Waals surface area contributed by atoms with Crippen molar-refractivity contribution in [3.63, 3.8) is 0 Å². The highest BCUT2D eigenvalue weighted by molar-refractivity contribution is 8.18. The first-order valence-corrected chi connectivity index (χ1v) is 9.02. The van der Waals surface area contributed by atoms with Gasteiger partial charge in [0.1, 0.15) is 5.76 Å². The first-order valence-electron chi connectivity index (χ1n) is 7.83. The van der Waals surface area contributed by atoms with Crippen molar-refractivity contribution in [1.29, 1.82) is 0 Å². The molecule has 10 heteroatoms. The quantitative estimate of drug-likeness (QED) is 0.573. The number of thioether (sulfide) groups is 1. The first kappa shape index (κ1) is 19.8. The second kappa shape index (κ2) is 7.99. The molecule has 28 heavy (non-hydrogen) atoms. The number of aromatic hydroxyl groups is 1. The highest BCUT2D eigenvalue weighted by atomic mass is 35.5. The average molecular weight is 424 g/mol. The maximum atomic E-state index is 12.6. The summed E-state index contributed by atoms with van der Waals surface area (Å²) in [5, 5.41) is 9.98. The summed E-state index contributed by atoms with van der Waals surface area (Å²) >= 11 is 6.70. The number of hydrogen-bond donors (Lipinski definition) is 1. The van der Waals surface area contributed by atoms with E-state index >= 15 is 0 Å². The number of esters is 1. The lowest BCUT2D eigenvalue weighted by molar-refractivity contribution is -0.123. The number of carbonyl (C=O) groups excluding carboxylic acids is 3. The van der Waals surface area contributed by atoms with Gasteiger partial charge < -0.3 is 19.0 Å². The lowest BCUT2D eigenvalue weighted by atomic mass is 10.1. The number of ether oxygens (including phenoxy) is 2. The van der Waals surface area contributed by atoms with Crippen LogP contribution in [-0.4, -0.2) is 41.3 Å². The van der Waals surface area contributed by atoms with E-state index in [1.54, 1.807) is 0 Å². The van der Waals surface area contributed by atoms with Crippen LogP contribution < -0.4 is 4.74 Å². The standard InChI is InChI=1S/C18H14ClNO7S/c1-25-13-7-10(19)5-9(15(13)21)6-14-16(22)20(18(24)28-14)8-11-3-4-12(27-11)17(23)26-2/h3-7,21H,8H2,1-2H3/b14-6+. The summed E-state index contributed by atoms with van der Waals surface area (Å²) in [7, 11) is 2.58. The Balaban J connectivity index is 1.84. The summed E-state index contributed by atoms with van der Waals surface area (Å²) in [6.07, 6.45) is 1.36. The van der Waals surface area contributed by atoms with Gasteiger partial charge in [0.25, 0.3) is 11.1 Å². The van der Waals surface area contributed by atoms with Crippen molar-refractivity contribution >= 4 is 46.6 Å². The Bertz CT molecular complexity index is 998. The number of hydrogen-bond acceptors (Lipinski definition) is 8. The molecule has 1 N–H and O–H groups in total. The van der Waals surface area contributed by atoms with Crippen LogP contribution in [-0.2, 0) is 16.1 Å². The molecule has 2 aromatic rings. The molecule has 1 aliphatic rings. The zero-order chi connectivity index (χ0) is 20.4. The number of halogens is 1. The number of phenolic OH excluding ortho intramolecular Hbond substituents is 1. The molecule has 2 heterocycles. The van der Waals surface area contributed by atoms with Crippen LogP contribution in [0, 0.1) is 0 Å². The van der Waals surface area contributed by atoms with Crippen LogP contribution in [0.2, 0.25) is 5.02 Å². The summed E-state index contributed by atoms with van der Waals surface area (Å²) in [5.74, 6) is -1.07. The predicted octanol–water partition coefficient (Wildman–Crippen LogP) is 3.67. The summed E-state index contributed by atoms with van der Waals surface area (Å²) in [6.45, 7) is -0.149. The molecule has 1 fully saturated rings. The molecule has 1 aliphatic heterocycles. The predicted molar refractivity (Wildman–Crippen MR) is 101 cm³/mol. The number of imide groups is 1. The van der Waals surface area contributed by atoms with Crippen LogP contribution in [0.5, 0.6) is 11.5 Å². The fraction of sp³-hybridized carbons (Fsp3) is 0.167. The third kappa shape index (κ3) is 3.85. The van der Waals surface area contributed by atoms with Crippen molar-refractivity contribution in [3.8, 4) is 11.5 Å². The highest BCUT2D eigenvalue weighted by Gasteiger charge is 2.36. The van der Waals surface area contributed by atoms with Crippen LogP contribution in [0.4, 0.5) is 4.79 Å². The van der Waals surface area contributed by atoms with E-state index in [-0.39, 0.29) is 40.0 Å². The molecular weight excluding hydrogens is 410 g/mol. The molecule has 146 valence electrons. The summed E-state index contributed by atoms with van der Waals surface area (Å²) in [4.78, 5) is 37.4. The van der Waals surface area contributed by atoms with Crippen LogP contribution in [0.1, 0.15) is 21.9 Å². The van der Waals surface area contributed by atoms with E-state index in [0.29, 0.717) is 16.8 Å². The van der Waals surface area contributed by atoms with Gasteiger partial charge in [-0.25, -0.2) is 4.79 Å². The second-order valence-electron chi connectivity index (χ2n) is 5.57. The SMILES string of the molecule is COC(=O)c1ccc(CN2C(=O)S/C(=C/c3cc(Cl)cc(OC)c3O)C2=O)o1. The minimum absolute atomic E-state index is 0.0315. The smallest absolute Gasteiger partial charge is 0.373 e. The molecule has 0 atom stereocenters. The van der Waals surface area contributed by atoms with Gasteiger partial charge in [0.15, 0.2) is 11.5 Å². The van der Waals surface area contributed by atoms with E-state index in [4.69, 9.17) is 20.8 Å². The minimum Gasteiger partial charge on any atom is -0.504 e. The number of furan rings is 1. The monoisotopic (exact) mass is 423 g/mol. The van der Waals surface area contributed by atoms with Gasteiger partial charge in [-0.2, -0.15) is 0 Å². The number of amides is 2. The molecule has 3 rings (SSSR count). The van der Waals surface area contributed by atoms with Gasteiger partial charge in [0.2, 0.25) is 5.76 Å². The average Bonchev–Trinajstić information content (AvgIpc) is 3.24. The minimum atomic E-state index is -0.661. The zero-order valence-electron chi connectivity index (χ0n) is 14.7. The van der Waals surface area contributed by atoms with Gasteiger partial charge in [-0.15, -0.1) is 0 Å². The fourth-order valence-corrected chi connectivity index (χ4v) is 3.51. The normalized spacial score (nSPS) is 15.4. The van der Waals surface area contributed by atoms with Gasteiger partial charge in [-0.05, 0) is 36.0 Å². The van der Waals surface area contributed by atoms with Crippen molar-refractivity contribution in [2.75, 3.05) is 14.2 Å². The van der Waals surface area contributed by atoms with E-state index in [9.17, 15) is 19.5 Å². The van der Waals surface area contributed by atoms with E-state index in [0.717, 1.165) is 4.90 Å². The molecule has 0 bridgehead atoms. The molecule has 0 spiro atoms. The van der Waals surface area contributed by atoms with Crippen molar-refractivity contribution in [3.05, 3.63) is 51.3 Å². The van der Waals surface area contributed by atoms with Crippen molar-refractivity contribution in [2.45, 2.75) is 6.54 Å². The van der Waals surface area contributed by atoms with E-state index in [2.05, 4.69) is 4.74 Å². The Labute approximate surface area is 168 Å². The largest absolute Gasteiger partial charge is 0.504 e. The molecule has 0 radical (unpaired) electrons. The number of nitrogens with zero attached hydrogens (tertiary/aromatic N) is 1. The third-order valence-electron chi connectivity index (χ3n) is 3.81. The molecule has 0 saturated carbocycles. The van der Waals surface area contributed by atoms with Crippen LogP contribution in [0.25, 0.3) is 6.08 Å². The topological polar surface area (TPSA) is 106 Å². The van der Waals surface area contributed by atoms with E-state index < -0.39 is 17.1 Å². The van der Waals surface area contributed by atoms with Crippen molar-refractivity contribution in [2.24, 2.45) is 0 Å². The number of methoxy groups -OCH3 is 2. The first-order chi connectivity index (χ1) is 13.3. The molecule has 1 saturated heterocycles. The maximum absolute atomic E-state index is 12.6. The van der Waals surface area contributed by atoms with Gasteiger partial charge in [0, 0.05) is 16.7 Å². The molecule has 2 amide bonds. The summed E-state index contributed by atoms with van der Waals surface area (Å²) in [6, 6.07) is 5.75. The van der Waals surface area contributed by atoms with Crippen LogP contribution >= 0.6 is 23.4 Å². The van der Waals surface area contributed by atoms with E-state index in [1.165, 1.54) is 44.6 Å². The summed E-state index contributed by atoms with van der Waals surface area (Å²) in [5.41, 5.74) is 0.237. The molecular formula is C18H14ClNO7S. The van der Waals surface area contributed by atoms with Gasteiger partial charge in [0.05, 0.1) is 25.7 Å². The molecule has 8 nitrogen and oxygen atoms in total. The van der Waals surface area contributed by atoms with Crippen LogP contribution in [0.3, 0.4) is 0 Å². The van der Waals surface area contributed by atoms with Crippen molar-refractivity contribution < 1.29 is 33.4 Å². The fourth-order valence-electron chi connectivity index (χ4n) is 2.47. The maximum Gasteiger partial charge on any atom is 0.373 e. The Kier molecular flexibility index (Phi) is 5.66. The zero-order valence-corrected chi connectivity index (χ0v) is 16.3. The van der Waals surface area contributed by atoms with Gasteiger partial charge >= 0.3 is 5.97 Å². The van der Waals surface area contributed by atoms with Gasteiger partial charge in [-0.1, -0.05) is 11.6 Å². The summed E-state index contributed by atoms with van der Waals surface area (Å²) < 4.78 is 14.9. The third-order valence-corrected chi connectivity index (χ3v) is 4.94. The highest BCUT2D eigenvalue weighted by Crippen LogP contribution is 2.38. The number of carbonyl (C=O) groups is 3. The molecule has 1 aromatic heterocycles. The Morgan fingerprint density at radius 3 is 2.75 bits per heavy atom. The van der Waals surface area contributed by atoms with E-state index in [1.807, 2.05) is 0 Å². The molecule has 1 aromatic carbocycles. The van der Waals surface area contributed by atoms with Gasteiger partial charge in [-0.3, -0.25) is 14.5 Å². The second-order valence-corrected chi connectivity index (χ2v) is 7.00. The van der Waals surface area contributed by atoms with Crippen molar-refractivity contribution in [1.82, 2.24) is 4.90 Å². The number of benzene rings is 1. The number of rotatable bonds is 5. The Morgan fingerprint density at radius 1 is 1.32 bits per heavy atom. The number of phenols is 1. The lowest BCUT2D eigenvalue weighted by Gasteiger charge is -2.10. The Hall–Kier alpha value is -2.91. The molecule has 0 aliphatic carbocycles.